The largest absolute Gasteiger partial charge is 0.494 e. The second kappa shape index (κ2) is 12.2. The highest BCUT2D eigenvalue weighted by Crippen LogP contribution is 2.26. The Balaban J connectivity index is 0.000000981. The molecule has 156 valence electrons. The second-order valence-corrected chi connectivity index (χ2v) is 6.74. The van der Waals surface area contributed by atoms with E-state index < -0.39 is 10.1 Å². The molecule has 0 aliphatic rings. The summed E-state index contributed by atoms with van der Waals surface area (Å²) in [4.78, 5) is -0.156. The maximum absolute atomic E-state index is 12.3. The van der Waals surface area contributed by atoms with Gasteiger partial charge in [0.1, 0.15) is 22.5 Å². The van der Waals surface area contributed by atoms with Crippen LogP contribution in [0.25, 0.3) is 0 Å². The summed E-state index contributed by atoms with van der Waals surface area (Å²) < 4.78 is 35.2. The van der Waals surface area contributed by atoms with Gasteiger partial charge in [-0.05, 0) is 43.7 Å². The molecule has 0 aromatic heterocycles. The van der Waals surface area contributed by atoms with Crippen molar-refractivity contribution >= 4 is 35.2 Å². The van der Waals surface area contributed by atoms with Crippen LogP contribution in [0, 0.1) is 18.3 Å². The lowest BCUT2D eigenvalue weighted by Gasteiger charge is -2.11. The summed E-state index contributed by atoms with van der Waals surface area (Å²) >= 11 is 0. The molecule has 0 radical (unpaired) electrons. The lowest BCUT2D eigenvalue weighted by atomic mass is 10.2. The average Bonchev–Trinajstić information content (AvgIpc) is 2.61. The van der Waals surface area contributed by atoms with Gasteiger partial charge in [-0.15, -0.1) is 17.5 Å². The summed E-state index contributed by atoms with van der Waals surface area (Å²) in [7, 11) is -4.08. The third-order valence-corrected chi connectivity index (χ3v) is 4.31. The maximum Gasteiger partial charge on any atom is 0.340 e. The third kappa shape index (κ3) is 8.50. The van der Waals surface area contributed by atoms with Gasteiger partial charge < -0.3 is 20.4 Å². The Morgan fingerprint density at radius 2 is 1.83 bits per heavy atom. The number of ether oxygens (including phenoxy) is 1. The number of benzene rings is 2. The fourth-order valence-corrected chi connectivity index (χ4v) is 3.11. The molecule has 0 heterocycles. The zero-order valence-corrected chi connectivity index (χ0v) is 17.5. The SMILES string of the molecule is C=NN=C(N)N.CCOc1cc(C)cc(OS(=O)(=O)c2ccccc2C#N)c1.Cl. The molecule has 0 saturated carbocycles. The topological polar surface area (TPSA) is 153 Å². The van der Waals surface area contributed by atoms with Gasteiger partial charge in [0.05, 0.1) is 12.2 Å². The van der Waals surface area contributed by atoms with E-state index in [9.17, 15) is 8.42 Å². The van der Waals surface area contributed by atoms with Crippen LogP contribution in [-0.4, -0.2) is 27.7 Å². The fourth-order valence-electron chi connectivity index (χ4n) is 2.04. The van der Waals surface area contributed by atoms with Crippen LogP contribution in [0.3, 0.4) is 0 Å². The molecule has 0 spiro atoms. The summed E-state index contributed by atoms with van der Waals surface area (Å²) in [6, 6.07) is 12.6. The molecule has 0 bridgehead atoms. The van der Waals surface area contributed by atoms with Crippen LogP contribution >= 0.6 is 12.4 Å². The number of rotatable bonds is 6. The van der Waals surface area contributed by atoms with Crippen molar-refractivity contribution in [1.82, 2.24) is 0 Å². The Hall–Kier alpha value is -3.29. The molecule has 11 heteroatoms. The molecule has 0 fully saturated rings. The van der Waals surface area contributed by atoms with Gasteiger partial charge in [-0.1, -0.05) is 12.1 Å². The van der Waals surface area contributed by atoms with E-state index in [1.165, 1.54) is 18.2 Å². The zero-order chi connectivity index (χ0) is 21.2. The smallest absolute Gasteiger partial charge is 0.340 e. The van der Waals surface area contributed by atoms with Crippen LogP contribution < -0.4 is 20.4 Å². The van der Waals surface area contributed by atoms with E-state index in [1.54, 1.807) is 24.3 Å². The second-order valence-electron chi connectivity index (χ2n) is 5.23. The number of hydrogen-bond donors (Lipinski definition) is 2. The molecule has 29 heavy (non-hydrogen) atoms. The number of nitrogens with two attached hydrogens (primary N) is 2. The van der Waals surface area contributed by atoms with Crippen molar-refractivity contribution in [1.29, 1.82) is 5.26 Å². The molecular formula is C18H22ClN5O4S. The summed E-state index contributed by atoms with van der Waals surface area (Å²) in [5.41, 5.74) is 10.4. The van der Waals surface area contributed by atoms with Gasteiger partial charge in [0, 0.05) is 12.8 Å². The van der Waals surface area contributed by atoms with Gasteiger partial charge in [-0.3, -0.25) is 0 Å². The molecule has 0 aliphatic carbocycles. The molecule has 9 nitrogen and oxygen atoms in total. The van der Waals surface area contributed by atoms with Gasteiger partial charge in [0.25, 0.3) is 0 Å². The Morgan fingerprint density at radius 3 is 2.34 bits per heavy atom. The van der Waals surface area contributed by atoms with E-state index in [0.717, 1.165) is 5.56 Å². The highest BCUT2D eigenvalue weighted by molar-refractivity contribution is 7.87. The Bertz CT molecular complexity index is 1000. The number of guanidine groups is 1. The van der Waals surface area contributed by atoms with Crippen molar-refractivity contribution in [3.8, 4) is 17.6 Å². The number of hydrogen-bond acceptors (Lipinski definition) is 7. The molecule has 0 amide bonds. The minimum absolute atomic E-state index is 0. The number of halogens is 1. The third-order valence-electron chi connectivity index (χ3n) is 3.00. The van der Waals surface area contributed by atoms with E-state index in [0.29, 0.717) is 12.4 Å². The van der Waals surface area contributed by atoms with Crippen LogP contribution in [0.2, 0.25) is 0 Å². The van der Waals surface area contributed by atoms with E-state index in [-0.39, 0.29) is 34.6 Å². The highest BCUT2D eigenvalue weighted by atomic mass is 35.5. The number of nitriles is 1. The summed E-state index contributed by atoms with van der Waals surface area (Å²) in [5, 5.41) is 15.2. The van der Waals surface area contributed by atoms with Crippen molar-refractivity contribution in [2.24, 2.45) is 21.7 Å². The first kappa shape index (κ1) is 25.7. The van der Waals surface area contributed by atoms with Gasteiger partial charge in [-0.2, -0.15) is 18.8 Å². The number of aryl methyl sites for hydroxylation is 1. The molecular weight excluding hydrogens is 418 g/mol. The lowest BCUT2D eigenvalue weighted by Crippen LogP contribution is -2.21. The molecule has 0 unspecified atom stereocenters. The van der Waals surface area contributed by atoms with Crippen LogP contribution in [0.5, 0.6) is 11.5 Å². The monoisotopic (exact) mass is 439 g/mol. The predicted octanol–water partition coefficient (Wildman–Crippen LogP) is 2.33. The van der Waals surface area contributed by atoms with Crippen LogP contribution in [0.15, 0.2) is 57.6 Å². The van der Waals surface area contributed by atoms with E-state index in [2.05, 4.69) is 16.9 Å². The zero-order valence-electron chi connectivity index (χ0n) is 15.9. The first-order chi connectivity index (χ1) is 13.2. The van der Waals surface area contributed by atoms with Gasteiger partial charge in [-0.25, -0.2) is 0 Å². The molecule has 2 aromatic rings. The van der Waals surface area contributed by atoms with Crippen LogP contribution in [0.1, 0.15) is 18.1 Å². The van der Waals surface area contributed by atoms with Crippen molar-refractivity contribution in [3.63, 3.8) is 0 Å². The van der Waals surface area contributed by atoms with Crippen LogP contribution in [-0.2, 0) is 10.1 Å². The average molecular weight is 440 g/mol. The van der Waals surface area contributed by atoms with Gasteiger partial charge in [0.2, 0.25) is 5.96 Å². The molecule has 2 aromatic carbocycles. The number of nitrogens with zero attached hydrogens (tertiary/aromatic N) is 3. The molecule has 0 aliphatic heterocycles. The minimum atomic E-state index is -4.08. The van der Waals surface area contributed by atoms with E-state index in [4.69, 9.17) is 25.6 Å². The van der Waals surface area contributed by atoms with E-state index in [1.807, 2.05) is 19.9 Å². The van der Waals surface area contributed by atoms with Gasteiger partial charge in [0.15, 0.2) is 0 Å². The quantitative estimate of drug-likeness (QED) is 0.303. The standard InChI is InChI=1S/C16H15NO4S.C2H6N4.ClH/c1-3-20-14-8-12(2)9-15(10-14)21-22(18,19)16-7-5-4-6-13(16)11-17;1-5-6-2(3)4;/h4-10H,3H2,1-2H3;1H2,(H4,3,4,6);1H. The lowest BCUT2D eigenvalue weighted by molar-refractivity contribution is 0.338. The predicted molar refractivity (Wildman–Crippen MR) is 114 cm³/mol. The fraction of sp³-hybridized carbons (Fsp3) is 0.167. The summed E-state index contributed by atoms with van der Waals surface area (Å²) in [5.74, 6) is 0.613. The molecule has 2 rings (SSSR count). The summed E-state index contributed by atoms with van der Waals surface area (Å²) in [6.45, 7) is 7.12. The van der Waals surface area contributed by atoms with Crippen molar-refractivity contribution in [2.75, 3.05) is 6.61 Å². The maximum atomic E-state index is 12.3. The normalized spacial score (nSPS) is 9.55. The minimum Gasteiger partial charge on any atom is -0.494 e. The van der Waals surface area contributed by atoms with Crippen molar-refractivity contribution in [2.45, 2.75) is 18.7 Å². The van der Waals surface area contributed by atoms with Crippen LogP contribution in [0.4, 0.5) is 0 Å². The summed E-state index contributed by atoms with van der Waals surface area (Å²) in [6.07, 6.45) is 0. The Morgan fingerprint density at radius 1 is 1.21 bits per heavy atom. The first-order valence-corrected chi connectivity index (χ1v) is 9.37. The molecule has 0 atom stereocenters. The Labute approximate surface area is 176 Å². The first-order valence-electron chi connectivity index (χ1n) is 7.96. The van der Waals surface area contributed by atoms with Crippen molar-refractivity contribution < 1.29 is 17.3 Å². The Kier molecular flexibility index (Phi) is 10.8. The molecule has 0 saturated heterocycles. The molecule has 4 N–H and O–H groups in total. The highest BCUT2D eigenvalue weighted by Gasteiger charge is 2.21. The van der Waals surface area contributed by atoms with Gasteiger partial charge >= 0.3 is 10.1 Å². The van der Waals surface area contributed by atoms with Crippen molar-refractivity contribution in [3.05, 3.63) is 53.6 Å². The van der Waals surface area contributed by atoms with E-state index >= 15 is 0 Å².